The van der Waals surface area contributed by atoms with Gasteiger partial charge < -0.3 is 15.0 Å². The van der Waals surface area contributed by atoms with Gasteiger partial charge in [0.15, 0.2) is 5.78 Å². The van der Waals surface area contributed by atoms with E-state index in [1.54, 1.807) is 18.3 Å². The Bertz CT molecular complexity index is 743. The van der Waals surface area contributed by atoms with Gasteiger partial charge in [-0.3, -0.25) is 9.59 Å². The molecule has 0 atom stereocenters. The number of anilines is 1. The summed E-state index contributed by atoms with van der Waals surface area (Å²) in [5, 5.41) is 2.90. The molecule has 1 aliphatic heterocycles. The quantitative estimate of drug-likeness (QED) is 0.773. The zero-order valence-corrected chi connectivity index (χ0v) is 14.7. The van der Waals surface area contributed by atoms with Crippen LogP contribution in [0.3, 0.4) is 0 Å². The zero-order valence-electron chi connectivity index (χ0n) is 14.7. The van der Waals surface area contributed by atoms with Crippen molar-refractivity contribution in [2.24, 2.45) is 0 Å². The number of rotatable bonds is 7. The number of nitrogens with zero attached hydrogens (tertiary/aromatic N) is 2. The average molecular weight is 353 g/mol. The minimum absolute atomic E-state index is 0.0175. The summed E-state index contributed by atoms with van der Waals surface area (Å²) in [4.78, 5) is 30.8. The maximum absolute atomic E-state index is 12.1. The highest BCUT2D eigenvalue weighted by molar-refractivity contribution is 5.97. The molecule has 0 unspecified atom stereocenters. The third-order valence-corrected chi connectivity index (χ3v) is 4.33. The Morgan fingerprint density at radius 1 is 1.04 bits per heavy atom. The van der Waals surface area contributed by atoms with Crippen molar-refractivity contribution < 1.29 is 14.3 Å². The number of nitrogens with one attached hydrogen (secondary N) is 1. The van der Waals surface area contributed by atoms with E-state index in [0.29, 0.717) is 25.3 Å². The summed E-state index contributed by atoms with van der Waals surface area (Å²) in [5.41, 5.74) is 1.61. The Labute approximate surface area is 153 Å². The van der Waals surface area contributed by atoms with Gasteiger partial charge in [-0.25, -0.2) is 4.98 Å². The van der Waals surface area contributed by atoms with Crippen molar-refractivity contribution in [1.82, 2.24) is 10.3 Å². The molecule has 0 bridgehead atoms. The predicted octanol–water partition coefficient (Wildman–Crippen LogP) is 2.20. The number of benzene rings is 1. The van der Waals surface area contributed by atoms with Gasteiger partial charge in [0, 0.05) is 49.8 Å². The molecule has 1 aromatic heterocycles. The zero-order chi connectivity index (χ0) is 18.2. The third-order valence-electron chi connectivity index (χ3n) is 4.33. The van der Waals surface area contributed by atoms with E-state index in [1.165, 1.54) is 0 Å². The van der Waals surface area contributed by atoms with Crippen LogP contribution < -0.4 is 10.2 Å². The Kier molecular flexibility index (Phi) is 6.33. The fourth-order valence-corrected chi connectivity index (χ4v) is 2.91. The number of ketones is 1. The highest BCUT2D eigenvalue weighted by Gasteiger charge is 2.16. The van der Waals surface area contributed by atoms with Gasteiger partial charge in [-0.2, -0.15) is 0 Å². The van der Waals surface area contributed by atoms with Gasteiger partial charge in [0.25, 0.3) is 0 Å². The monoisotopic (exact) mass is 353 g/mol. The van der Waals surface area contributed by atoms with Gasteiger partial charge in [-0.15, -0.1) is 0 Å². The van der Waals surface area contributed by atoms with Crippen LogP contribution in [-0.4, -0.2) is 43.0 Å². The van der Waals surface area contributed by atoms with Crippen LogP contribution in [0.5, 0.6) is 0 Å². The maximum Gasteiger partial charge on any atom is 0.220 e. The molecule has 1 amide bonds. The van der Waals surface area contributed by atoms with E-state index in [0.717, 1.165) is 24.5 Å². The van der Waals surface area contributed by atoms with Gasteiger partial charge in [-0.05, 0) is 6.07 Å². The summed E-state index contributed by atoms with van der Waals surface area (Å²) in [5.74, 6) is 0.735. The molecule has 0 radical (unpaired) electrons. The van der Waals surface area contributed by atoms with Gasteiger partial charge in [-0.1, -0.05) is 36.4 Å². The number of aromatic nitrogens is 1. The molecule has 1 N–H and O–H groups in total. The summed E-state index contributed by atoms with van der Waals surface area (Å²) in [6.45, 7) is 3.36. The molecule has 3 rings (SSSR count). The van der Waals surface area contributed by atoms with E-state index in [9.17, 15) is 9.59 Å². The normalized spacial score (nSPS) is 14.1. The Hall–Kier alpha value is -2.73. The van der Waals surface area contributed by atoms with Crippen molar-refractivity contribution in [1.29, 1.82) is 0 Å². The summed E-state index contributed by atoms with van der Waals surface area (Å²) >= 11 is 0. The molecular weight excluding hydrogens is 330 g/mol. The molecule has 2 aromatic rings. The number of carbonyl (C=O) groups is 2. The standard InChI is InChI=1S/C20H23N3O3/c24-18(16-5-2-1-3-6-16)8-9-19(25)22-15-17-7-4-10-21-20(17)23-11-13-26-14-12-23/h1-7,10H,8-9,11-15H2,(H,22,25). The molecule has 0 aliphatic carbocycles. The fourth-order valence-electron chi connectivity index (χ4n) is 2.91. The van der Waals surface area contributed by atoms with Crippen molar-refractivity contribution in [2.75, 3.05) is 31.2 Å². The van der Waals surface area contributed by atoms with Gasteiger partial charge >= 0.3 is 0 Å². The second-order valence-electron chi connectivity index (χ2n) is 6.15. The largest absolute Gasteiger partial charge is 0.378 e. The topological polar surface area (TPSA) is 71.5 Å². The summed E-state index contributed by atoms with van der Waals surface area (Å²) < 4.78 is 5.38. The van der Waals surface area contributed by atoms with Gasteiger partial charge in [0.2, 0.25) is 5.91 Å². The molecule has 0 spiro atoms. The molecule has 6 heteroatoms. The Morgan fingerprint density at radius 3 is 2.58 bits per heavy atom. The number of ether oxygens (including phenoxy) is 1. The SMILES string of the molecule is O=C(CCC(=O)c1ccccc1)NCc1cccnc1N1CCOCC1. The van der Waals surface area contributed by atoms with Crippen LogP contribution in [0.25, 0.3) is 0 Å². The summed E-state index contributed by atoms with van der Waals surface area (Å²) in [6.07, 6.45) is 2.15. The molecule has 1 aliphatic rings. The van der Waals surface area contributed by atoms with E-state index in [-0.39, 0.29) is 24.5 Å². The number of hydrogen-bond donors (Lipinski definition) is 1. The van der Waals surface area contributed by atoms with Crippen molar-refractivity contribution in [3.8, 4) is 0 Å². The Morgan fingerprint density at radius 2 is 1.81 bits per heavy atom. The van der Waals surface area contributed by atoms with Crippen molar-refractivity contribution in [3.05, 3.63) is 59.8 Å². The highest BCUT2D eigenvalue weighted by atomic mass is 16.5. The number of pyridine rings is 1. The lowest BCUT2D eigenvalue weighted by Gasteiger charge is -2.29. The van der Waals surface area contributed by atoms with E-state index in [4.69, 9.17) is 4.74 Å². The van der Waals surface area contributed by atoms with Crippen LogP contribution in [0.4, 0.5) is 5.82 Å². The Balaban J connectivity index is 1.51. The average Bonchev–Trinajstić information content (AvgIpc) is 2.72. The van der Waals surface area contributed by atoms with Crippen LogP contribution in [0.15, 0.2) is 48.7 Å². The first-order valence-corrected chi connectivity index (χ1v) is 8.85. The minimum atomic E-state index is -0.133. The van der Waals surface area contributed by atoms with Crippen LogP contribution >= 0.6 is 0 Å². The first kappa shape index (κ1) is 18.1. The van der Waals surface area contributed by atoms with Crippen molar-refractivity contribution in [2.45, 2.75) is 19.4 Å². The fraction of sp³-hybridized carbons (Fsp3) is 0.350. The van der Waals surface area contributed by atoms with Crippen LogP contribution in [0, 0.1) is 0 Å². The maximum atomic E-state index is 12.1. The van der Waals surface area contributed by atoms with Crippen molar-refractivity contribution in [3.63, 3.8) is 0 Å². The lowest BCUT2D eigenvalue weighted by molar-refractivity contribution is -0.121. The lowest BCUT2D eigenvalue weighted by atomic mass is 10.1. The van der Waals surface area contributed by atoms with Crippen LogP contribution in [0.1, 0.15) is 28.8 Å². The molecule has 2 heterocycles. The highest BCUT2D eigenvalue weighted by Crippen LogP contribution is 2.18. The summed E-state index contributed by atoms with van der Waals surface area (Å²) in [6, 6.07) is 12.9. The number of amides is 1. The van der Waals surface area contributed by atoms with E-state index >= 15 is 0 Å². The third kappa shape index (κ3) is 4.89. The molecule has 0 saturated carbocycles. The van der Waals surface area contributed by atoms with E-state index in [1.807, 2.05) is 30.3 Å². The number of morpholine rings is 1. The molecule has 26 heavy (non-hydrogen) atoms. The first-order valence-electron chi connectivity index (χ1n) is 8.85. The predicted molar refractivity (Wildman–Crippen MR) is 99.1 cm³/mol. The van der Waals surface area contributed by atoms with Crippen molar-refractivity contribution >= 4 is 17.5 Å². The van der Waals surface area contributed by atoms with Gasteiger partial charge in [0.1, 0.15) is 5.82 Å². The smallest absolute Gasteiger partial charge is 0.220 e. The molecule has 1 aromatic carbocycles. The minimum Gasteiger partial charge on any atom is -0.378 e. The molecular formula is C20H23N3O3. The second-order valence-corrected chi connectivity index (χ2v) is 6.15. The van der Waals surface area contributed by atoms with E-state index < -0.39 is 0 Å². The van der Waals surface area contributed by atoms with Crippen LogP contribution in [0.2, 0.25) is 0 Å². The molecule has 6 nitrogen and oxygen atoms in total. The molecule has 1 saturated heterocycles. The van der Waals surface area contributed by atoms with E-state index in [2.05, 4.69) is 15.2 Å². The lowest BCUT2D eigenvalue weighted by Crippen LogP contribution is -2.37. The summed E-state index contributed by atoms with van der Waals surface area (Å²) in [7, 11) is 0. The molecule has 136 valence electrons. The number of hydrogen-bond acceptors (Lipinski definition) is 5. The number of Topliss-reactive ketones (excluding diaryl/α,β-unsaturated/α-hetero) is 1. The van der Waals surface area contributed by atoms with Gasteiger partial charge in [0.05, 0.1) is 13.2 Å². The first-order chi connectivity index (χ1) is 12.7. The second kappa shape index (κ2) is 9.10. The van der Waals surface area contributed by atoms with Crippen LogP contribution in [-0.2, 0) is 16.1 Å². The number of carbonyl (C=O) groups excluding carboxylic acids is 2. The molecule has 1 fully saturated rings.